The Morgan fingerprint density at radius 2 is 0.280 bits per heavy atom. The Morgan fingerprint density at radius 1 is 0.220 bits per heavy atom. The van der Waals surface area contributed by atoms with Crippen molar-refractivity contribution in [2.24, 2.45) is 11.8 Å². The first kappa shape index (κ1) is 227. The molecule has 50 heavy (non-hydrogen) atoms. The van der Waals surface area contributed by atoms with E-state index in [2.05, 4.69) is 0 Å². The van der Waals surface area contributed by atoms with Crippen LogP contribution in [0.4, 0.5) is 0 Å². The highest BCUT2D eigenvalue weighted by Gasteiger charge is 2.37. The Balaban J connectivity index is -0.00000000299. The molecule has 0 N–H and O–H groups in total. The van der Waals surface area contributed by atoms with Crippen LogP contribution in [0.15, 0.2) is 0 Å². The molecule has 0 aliphatic heterocycles. The molecule has 5 rings (SSSR count). The van der Waals surface area contributed by atoms with Crippen LogP contribution in [-0.4, -0.2) is 0 Å². The molecule has 0 saturated heterocycles. The van der Waals surface area contributed by atoms with Crippen molar-refractivity contribution < 1.29 is 11.5 Å². The van der Waals surface area contributed by atoms with Gasteiger partial charge < -0.3 is 0 Å². The van der Waals surface area contributed by atoms with Crippen molar-refractivity contribution in [2.75, 3.05) is 0 Å². The van der Waals surface area contributed by atoms with E-state index in [4.69, 9.17) is 8.68 Å². The van der Waals surface area contributed by atoms with E-state index in [1.54, 1.807) is 25.7 Å². The second-order valence-electron chi connectivity index (χ2n) is 6.92. The van der Waals surface area contributed by atoms with Gasteiger partial charge in [-0.05, 0) is 37.5 Å². The molecule has 0 bridgehead atoms. The molecule has 0 amide bonds. The smallest absolute Gasteiger partial charge is 0.0194 e. The fraction of sp³-hybridized carbons (Fsp3) is 1.00. The summed E-state index contributed by atoms with van der Waals surface area (Å²) in [6.45, 7) is 0. The molecule has 0 aromatic carbocycles. The first-order chi connectivity index (χ1) is 12.4. The molecule has 0 aromatic heterocycles. The van der Waals surface area contributed by atoms with Gasteiger partial charge in [0.05, 0.1) is 0 Å². The van der Waals surface area contributed by atoms with E-state index in [-0.39, 0.29) is 240 Å². The van der Waals surface area contributed by atoms with Gasteiger partial charge in [0.15, 0.2) is 0 Å². The third-order valence-electron chi connectivity index (χ3n) is 5.48. The van der Waals surface area contributed by atoms with E-state index in [0.717, 1.165) is 0 Å². The maximum atomic E-state index is 5.88. The number of hydrogen-bond donors (Lipinski definition) is 0. The summed E-state index contributed by atoms with van der Waals surface area (Å²) < 4.78 is 31.8. The summed E-state index contributed by atoms with van der Waals surface area (Å²) in [6.07, 6.45) is 24.2. The predicted molar refractivity (Wildman–Crippen MR) is 305 cm³/mol. The van der Waals surface area contributed by atoms with Gasteiger partial charge in [0.1, 0.15) is 0 Å². The topological polar surface area (TPSA) is 0 Å². The van der Waals surface area contributed by atoms with Crippen molar-refractivity contribution in [3.63, 3.8) is 0 Å². The minimum atomic E-state index is -0.250. The highest BCUT2D eigenvalue weighted by Crippen LogP contribution is 2.49. The largest absolute Gasteiger partial charge is 0.0776 e. The summed E-state index contributed by atoms with van der Waals surface area (Å²) in [6, 6.07) is 0. The van der Waals surface area contributed by atoms with E-state index < -0.39 is 0 Å². The third-order valence-corrected chi connectivity index (χ3v) is 5.48. The van der Waals surface area contributed by atoms with Crippen molar-refractivity contribution in [2.45, 2.75) is 340 Å². The van der Waals surface area contributed by atoms with E-state index in [1.165, 1.54) is 88.9 Å². The molecule has 0 nitrogen and oxygen atoms in total. The second-order valence-corrected chi connectivity index (χ2v) is 6.92. The zero-order valence-electron chi connectivity index (χ0n) is 19.2. The molecule has 5 aliphatic rings. The molecular weight excluding hydrogens is 601 g/mol. The average molecular weight is 788 g/mol. The molecule has 0 unspecified atom stereocenters. The monoisotopic (exact) mass is 787 g/mol. The summed E-state index contributed by atoms with van der Waals surface area (Å²) in [7, 11) is -0.250. The molecule has 0 heteroatoms. The number of hydrogen-bond acceptors (Lipinski definition) is 0. The Bertz CT molecular complexity index is 181. The Labute approximate surface area is 363 Å². The molecule has 0 heterocycles. The first-order valence-corrected chi connectivity index (χ1v) is 8.97. The third kappa shape index (κ3) is 157. The normalized spacial score (nSPS) is 12.7. The molecule has 5 fully saturated rings. The summed E-state index contributed by atoms with van der Waals surface area (Å²) in [5, 5.41) is 0. The maximum absolute atomic E-state index is 5.88. The maximum Gasteiger partial charge on any atom is 0.0194 e. The van der Waals surface area contributed by atoms with E-state index in [0.29, 0.717) is 0 Å². The lowest BCUT2D eigenvalue weighted by Gasteiger charge is -2.46. The summed E-state index contributed by atoms with van der Waals surface area (Å²) in [4.78, 5) is 0. The van der Waals surface area contributed by atoms with Gasteiger partial charge in [-0.25, -0.2) is 0 Å². The lowest BCUT2D eigenvalue weighted by Crippen LogP contribution is -2.34. The van der Waals surface area contributed by atoms with Crippen LogP contribution in [0.3, 0.4) is 0 Å². The summed E-state index contributed by atoms with van der Waals surface area (Å²) >= 11 is 0. The van der Waals surface area contributed by atoms with Gasteiger partial charge in [-0.15, -0.1) is 0 Å². The van der Waals surface area contributed by atoms with Crippen molar-refractivity contribution in [3.05, 3.63) is 0 Å². The van der Waals surface area contributed by atoms with Crippen molar-refractivity contribution in [1.29, 1.82) is 0 Å². The first-order valence-electron chi connectivity index (χ1n) is 12.4. The summed E-state index contributed by atoms with van der Waals surface area (Å²) in [5.41, 5.74) is 0. The fourth-order valence-electron chi connectivity index (χ4n) is 2.31. The predicted octanol–water partition coefficient (Wildman–Crippen LogP) is 27.8. The Hall–Kier alpha value is 0. The molecule has 370 valence electrons. The lowest BCUT2D eigenvalue weighted by atomic mass is 9.60. The van der Waals surface area contributed by atoms with Crippen molar-refractivity contribution >= 4 is 0 Å². The molecule has 5 saturated carbocycles. The van der Waals surface area contributed by atoms with Gasteiger partial charge >= 0.3 is 0 Å². The highest BCUT2D eigenvalue weighted by atomic mass is 14.4. The highest BCUT2D eigenvalue weighted by molar-refractivity contribution is 4.89. The van der Waals surface area contributed by atoms with Crippen LogP contribution < -0.4 is 0 Å². The van der Waals surface area contributed by atoms with E-state index >= 15 is 0 Å². The second kappa shape index (κ2) is 233. The standard InChI is InChI=1S/C6H10.3C4H8.32CH4.4H2/c1-2-6-4-3-5(1)6;3*1-2-4-3-1;;;;;;;;;;;;;;;;;;;;;;;;;;;;;;;;;;;;/h5-6H,1-4H2;3*1-4H2;32*1H4;4*1H/i;;;;1T2;;;;;;;;;;;;;;;;;;;;;;;;;;;;;;;;2*1+2T;2*1+2. The fourth-order valence-corrected chi connectivity index (χ4v) is 2.31. The number of rotatable bonds is 0. The summed E-state index contributed by atoms with van der Waals surface area (Å²) in [5.74, 6) is 2.43. The van der Waals surface area contributed by atoms with Crippen LogP contribution >= 0.6 is 0 Å². The minimum absolute atomic E-state index is 0. The van der Waals surface area contributed by atoms with Gasteiger partial charge in [0.25, 0.3) is 0 Å². The molecule has 0 aromatic rings. The lowest BCUT2D eigenvalue weighted by molar-refractivity contribution is 0.0548. The van der Waals surface area contributed by atoms with Crippen LogP contribution in [0.1, 0.15) is 352 Å². The average Bonchev–Trinajstić information content (AvgIpc) is 2.43. The number of fused-ring (bicyclic) bond motifs is 1. The Kier molecular flexibility index (Phi) is 1060. The quantitative estimate of drug-likeness (QED) is 0.229. The molecule has 5 aliphatic carbocycles. The zero-order valence-corrected chi connectivity index (χ0v) is 13.2. The van der Waals surface area contributed by atoms with Gasteiger partial charge in [0.2, 0.25) is 0 Å². The minimum Gasteiger partial charge on any atom is -0.0776 e. The van der Waals surface area contributed by atoms with Gasteiger partial charge in [-0.3, -0.25) is 0 Å². The van der Waals surface area contributed by atoms with Gasteiger partial charge in [-0.1, -0.05) is 315 Å². The molecule has 0 radical (unpaired) electrons. The molecule has 0 spiro atoms. The van der Waals surface area contributed by atoms with Crippen LogP contribution in [0.5, 0.6) is 0 Å². The van der Waals surface area contributed by atoms with Crippen LogP contribution in [0.25, 0.3) is 0 Å². The van der Waals surface area contributed by atoms with E-state index in [9.17, 15) is 0 Å². The SMILES string of the molecule is C.C.C.C.C.C.C.C.C.C.C.C.C.C.C.C.C.C.C.C.C.C.C.C.C.C.C.C.C.C.C.C1CC2CCC12.C1CCC1.C1CCC1.C1CCC1.[3HH].[3HH].[3H]C[3H].[3H][3H].[3H][3H]. The molecule has 0 atom stereocenters. The van der Waals surface area contributed by atoms with Crippen LogP contribution in [-0.2, 0) is 0 Å². The van der Waals surface area contributed by atoms with Crippen LogP contribution in [0, 0.1) is 11.8 Å². The van der Waals surface area contributed by atoms with Gasteiger partial charge in [-0.2, -0.15) is 0 Å². The van der Waals surface area contributed by atoms with Crippen molar-refractivity contribution in [3.8, 4) is 0 Å². The van der Waals surface area contributed by atoms with Crippen LogP contribution in [0.2, 0.25) is 0 Å². The molecular formula is C50H170. The van der Waals surface area contributed by atoms with Gasteiger partial charge in [0, 0.05) is 11.5 Å². The Morgan fingerprint density at radius 3 is 0.280 bits per heavy atom. The van der Waals surface area contributed by atoms with Crippen molar-refractivity contribution in [1.82, 2.24) is 0 Å². The zero-order chi connectivity index (χ0) is 19.2. The van der Waals surface area contributed by atoms with E-state index in [1.807, 2.05) is 0 Å².